The van der Waals surface area contributed by atoms with Crippen LogP contribution in [0.25, 0.3) is 0 Å². The average molecular weight is 263 g/mol. The Balaban J connectivity index is 2.42. The lowest BCUT2D eigenvalue weighted by Crippen LogP contribution is -2.27. The third kappa shape index (κ3) is 5.30. The lowest BCUT2D eigenvalue weighted by molar-refractivity contribution is -0.128. The first-order valence-corrected chi connectivity index (χ1v) is 6.80. The molecule has 0 aliphatic heterocycles. The summed E-state index contributed by atoms with van der Waals surface area (Å²) in [7, 11) is 3.59. The van der Waals surface area contributed by atoms with Crippen LogP contribution in [-0.2, 0) is 11.3 Å². The van der Waals surface area contributed by atoms with Crippen LogP contribution in [0.4, 0.5) is 5.69 Å². The Kier molecular flexibility index (Phi) is 6.36. The number of carbonyl (C=O) groups is 1. The van der Waals surface area contributed by atoms with E-state index in [2.05, 4.69) is 17.9 Å². The molecule has 1 aromatic rings. The van der Waals surface area contributed by atoms with Crippen molar-refractivity contribution in [1.29, 1.82) is 0 Å². The quantitative estimate of drug-likeness (QED) is 0.765. The first-order chi connectivity index (χ1) is 9.04. The standard InChI is InChI=1S/C15H25N3O/c1-4-18(11-7-10-15(19)17(2)3)12-13-8-5-6-9-14(13)16/h5-6,8-9H,4,7,10-12,16H2,1-3H3. The fourth-order valence-corrected chi connectivity index (χ4v) is 1.95. The number of hydrogen-bond donors (Lipinski definition) is 1. The lowest BCUT2D eigenvalue weighted by Gasteiger charge is -2.21. The number of carbonyl (C=O) groups excluding carboxylic acids is 1. The number of amides is 1. The number of nitrogen functional groups attached to an aromatic ring is 1. The number of para-hydroxylation sites is 1. The van der Waals surface area contributed by atoms with Gasteiger partial charge in [-0.2, -0.15) is 0 Å². The van der Waals surface area contributed by atoms with Crippen LogP contribution in [-0.4, -0.2) is 42.9 Å². The minimum atomic E-state index is 0.190. The fourth-order valence-electron chi connectivity index (χ4n) is 1.95. The second kappa shape index (κ2) is 7.79. The summed E-state index contributed by atoms with van der Waals surface area (Å²) >= 11 is 0. The molecule has 1 rings (SSSR count). The predicted octanol–water partition coefficient (Wildman–Crippen LogP) is 1.96. The Morgan fingerprint density at radius 1 is 1.26 bits per heavy atom. The van der Waals surface area contributed by atoms with E-state index in [0.717, 1.165) is 37.3 Å². The molecule has 0 spiro atoms. The van der Waals surface area contributed by atoms with E-state index in [0.29, 0.717) is 6.42 Å². The van der Waals surface area contributed by atoms with Crippen LogP contribution in [0, 0.1) is 0 Å². The van der Waals surface area contributed by atoms with E-state index in [1.54, 1.807) is 19.0 Å². The van der Waals surface area contributed by atoms with Crippen molar-refractivity contribution in [2.45, 2.75) is 26.3 Å². The maximum atomic E-state index is 11.5. The number of hydrogen-bond acceptors (Lipinski definition) is 3. The third-order valence-corrected chi connectivity index (χ3v) is 3.26. The highest BCUT2D eigenvalue weighted by molar-refractivity contribution is 5.75. The Morgan fingerprint density at radius 3 is 2.53 bits per heavy atom. The van der Waals surface area contributed by atoms with Gasteiger partial charge < -0.3 is 10.6 Å². The van der Waals surface area contributed by atoms with Gasteiger partial charge in [0.1, 0.15) is 0 Å². The molecule has 0 atom stereocenters. The van der Waals surface area contributed by atoms with Gasteiger partial charge >= 0.3 is 0 Å². The molecule has 0 saturated carbocycles. The van der Waals surface area contributed by atoms with E-state index >= 15 is 0 Å². The highest BCUT2D eigenvalue weighted by Crippen LogP contribution is 2.13. The molecule has 19 heavy (non-hydrogen) atoms. The molecule has 0 radical (unpaired) electrons. The van der Waals surface area contributed by atoms with Gasteiger partial charge in [0.2, 0.25) is 5.91 Å². The van der Waals surface area contributed by atoms with E-state index in [9.17, 15) is 4.79 Å². The summed E-state index contributed by atoms with van der Waals surface area (Å²) < 4.78 is 0. The van der Waals surface area contributed by atoms with Gasteiger partial charge in [0.05, 0.1) is 0 Å². The van der Waals surface area contributed by atoms with Crippen molar-refractivity contribution in [1.82, 2.24) is 9.80 Å². The normalized spacial score (nSPS) is 10.7. The van der Waals surface area contributed by atoms with Gasteiger partial charge in [-0.25, -0.2) is 0 Å². The van der Waals surface area contributed by atoms with Gasteiger partial charge in [-0.1, -0.05) is 25.1 Å². The molecule has 0 aromatic heterocycles. The fraction of sp³-hybridized carbons (Fsp3) is 0.533. The molecule has 0 aliphatic carbocycles. The summed E-state index contributed by atoms with van der Waals surface area (Å²) in [5, 5.41) is 0. The number of anilines is 1. The van der Waals surface area contributed by atoms with E-state index < -0.39 is 0 Å². The molecule has 0 unspecified atom stereocenters. The zero-order chi connectivity index (χ0) is 14.3. The maximum absolute atomic E-state index is 11.5. The monoisotopic (exact) mass is 263 g/mol. The van der Waals surface area contributed by atoms with Gasteiger partial charge in [-0.3, -0.25) is 9.69 Å². The number of nitrogens with zero attached hydrogens (tertiary/aromatic N) is 2. The average Bonchev–Trinajstić information content (AvgIpc) is 2.39. The minimum absolute atomic E-state index is 0.190. The van der Waals surface area contributed by atoms with Crippen molar-refractivity contribution >= 4 is 11.6 Å². The zero-order valence-corrected chi connectivity index (χ0v) is 12.2. The van der Waals surface area contributed by atoms with Crippen molar-refractivity contribution in [2.75, 3.05) is 32.9 Å². The van der Waals surface area contributed by atoms with E-state index in [1.165, 1.54) is 0 Å². The second-order valence-corrected chi connectivity index (χ2v) is 4.96. The minimum Gasteiger partial charge on any atom is -0.398 e. The molecule has 4 heteroatoms. The van der Waals surface area contributed by atoms with Gasteiger partial charge in [-0.15, -0.1) is 0 Å². The smallest absolute Gasteiger partial charge is 0.222 e. The third-order valence-electron chi connectivity index (χ3n) is 3.26. The van der Waals surface area contributed by atoms with E-state index in [4.69, 9.17) is 5.73 Å². The van der Waals surface area contributed by atoms with Crippen LogP contribution in [0.5, 0.6) is 0 Å². The summed E-state index contributed by atoms with van der Waals surface area (Å²) in [6, 6.07) is 7.95. The predicted molar refractivity (Wildman–Crippen MR) is 79.7 cm³/mol. The molecule has 106 valence electrons. The Hall–Kier alpha value is -1.55. The highest BCUT2D eigenvalue weighted by Gasteiger charge is 2.08. The van der Waals surface area contributed by atoms with Crippen LogP contribution in [0.1, 0.15) is 25.3 Å². The van der Waals surface area contributed by atoms with Gasteiger partial charge in [0.15, 0.2) is 0 Å². The first kappa shape index (κ1) is 15.5. The highest BCUT2D eigenvalue weighted by atomic mass is 16.2. The molecule has 0 bridgehead atoms. The van der Waals surface area contributed by atoms with Crippen LogP contribution in [0.3, 0.4) is 0 Å². The first-order valence-electron chi connectivity index (χ1n) is 6.80. The number of benzene rings is 1. The second-order valence-electron chi connectivity index (χ2n) is 4.96. The van der Waals surface area contributed by atoms with Crippen molar-refractivity contribution in [3.8, 4) is 0 Å². The van der Waals surface area contributed by atoms with E-state index in [1.807, 2.05) is 18.2 Å². The van der Waals surface area contributed by atoms with Crippen molar-refractivity contribution in [3.63, 3.8) is 0 Å². The largest absolute Gasteiger partial charge is 0.398 e. The summed E-state index contributed by atoms with van der Waals surface area (Å²) in [4.78, 5) is 15.5. The molecule has 0 saturated heterocycles. The summed E-state index contributed by atoms with van der Waals surface area (Å²) in [5.74, 6) is 0.190. The molecule has 1 amide bonds. The summed E-state index contributed by atoms with van der Waals surface area (Å²) in [5.41, 5.74) is 7.95. The molecule has 4 nitrogen and oxygen atoms in total. The lowest BCUT2D eigenvalue weighted by atomic mass is 10.1. The van der Waals surface area contributed by atoms with Gasteiger partial charge in [0.25, 0.3) is 0 Å². The molecular formula is C15H25N3O. The maximum Gasteiger partial charge on any atom is 0.222 e. The molecule has 2 N–H and O–H groups in total. The topological polar surface area (TPSA) is 49.6 Å². The molecule has 1 aromatic carbocycles. The van der Waals surface area contributed by atoms with Crippen LogP contribution in [0.2, 0.25) is 0 Å². The molecule has 0 aliphatic rings. The molecular weight excluding hydrogens is 238 g/mol. The van der Waals surface area contributed by atoms with Crippen LogP contribution >= 0.6 is 0 Å². The van der Waals surface area contributed by atoms with E-state index in [-0.39, 0.29) is 5.91 Å². The van der Waals surface area contributed by atoms with Crippen molar-refractivity contribution in [3.05, 3.63) is 29.8 Å². The van der Waals surface area contributed by atoms with Gasteiger partial charge in [0, 0.05) is 32.7 Å². The molecule has 0 heterocycles. The Bertz CT molecular complexity index is 404. The number of rotatable bonds is 7. The van der Waals surface area contributed by atoms with Crippen molar-refractivity contribution in [2.24, 2.45) is 0 Å². The summed E-state index contributed by atoms with van der Waals surface area (Å²) in [6.45, 7) is 4.86. The Morgan fingerprint density at radius 2 is 1.95 bits per heavy atom. The van der Waals surface area contributed by atoms with Crippen LogP contribution < -0.4 is 5.73 Å². The Labute approximate surface area is 116 Å². The molecule has 0 fully saturated rings. The zero-order valence-electron chi connectivity index (χ0n) is 12.2. The van der Waals surface area contributed by atoms with Crippen LogP contribution in [0.15, 0.2) is 24.3 Å². The number of nitrogens with two attached hydrogens (primary N) is 1. The van der Waals surface area contributed by atoms with Crippen molar-refractivity contribution < 1.29 is 4.79 Å². The SMILES string of the molecule is CCN(CCCC(=O)N(C)C)Cc1ccccc1N. The summed E-state index contributed by atoms with van der Waals surface area (Å²) in [6.07, 6.45) is 1.49. The van der Waals surface area contributed by atoms with Gasteiger partial charge in [-0.05, 0) is 31.1 Å².